The zero-order valence-electron chi connectivity index (χ0n) is 17.5. The van der Waals surface area contributed by atoms with Crippen molar-refractivity contribution in [3.63, 3.8) is 0 Å². The molecule has 1 aromatic carbocycles. The highest BCUT2D eigenvalue weighted by Gasteiger charge is 2.44. The smallest absolute Gasteiger partial charge is 0.303 e. The maximum Gasteiger partial charge on any atom is 0.303 e. The van der Waals surface area contributed by atoms with Crippen molar-refractivity contribution in [2.24, 2.45) is 0 Å². The Bertz CT molecular complexity index is 960. The lowest BCUT2D eigenvalue weighted by molar-refractivity contribution is -0.137. The van der Waals surface area contributed by atoms with Crippen molar-refractivity contribution in [2.75, 3.05) is 19.3 Å². The summed E-state index contributed by atoms with van der Waals surface area (Å²) in [6, 6.07) is 14.2. The van der Waals surface area contributed by atoms with Crippen LogP contribution in [0.1, 0.15) is 37.4 Å². The summed E-state index contributed by atoms with van der Waals surface area (Å²) < 4.78 is 24.7. The number of carbonyl (C=O) groups excluding carboxylic acids is 1. The molecule has 1 heterocycles. The molecule has 0 spiro atoms. The molecule has 162 valence electrons. The molecule has 1 N–H and O–H groups in total. The molecule has 0 fully saturated rings. The van der Waals surface area contributed by atoms with E-state index >= 15 is 0 Å². The average molecular weight is 433 g/mol. The maximum absolute atomic E-state index is 13.2. The van der Waals surface area contributed by atoms with Gasteiger partial charge in [-0.1, -0.05) is 36.4 Å². The highest BCUT2D eigenvalue weighted by atomic mass is 32.2. The number of aliphatic carboxylic acids is 1. The Morgan fingerprint density at radius 1 is 1.10 bits per heavy atom. The molecule has 0 radical (unpaired) electrons. The molecule has 2 aromatic rings. The van der Waals surface area contributed by atoms with Gasteiger partial charge in [0.25, 0.3) is 0 Å². The third-order valence-corrected chi connectivity index (χ3v) is 7.75. The van der Waals surface area contributed by atoms with Crippen LogP contribution in [0.15, 0.2) is 54.7 Å². The number of hydrogen-bond donors (Lipinski definition) is 1. The zero-order chi connectivity index (χ0) is 22.4. The molecule has 8 heteroatoms. The number of pyridine rings is 1. The first-order valence-electron chi connectivity index (χ1n) is 9.69. The lowest BCUT2D eigenvalue weighted by Crippen LogP contribution is -2.50. The van der Waals surface area contributed by atoms with Gasteiger partial charge in [0, 0.05) is 37.8 Å². The van der Waals surface area contributed by atoms with E-state index < -0.39 is 38.1 Å². The zero-order valence-corrected chi connectivity index (χ0v) is 18.3. The third-order valence-electron chi connectivity index (χ3n) is 5.18. The number of carboxylic acid groups (broad SMARTS) is 1. The lowest BCUT2D eigenvalue weighted by atomic mass is 9.98. The van der Waals surface area contributed by atoms with Gasteiger partial charge in [-0.2, -0.15) is 0 Å². The Kier molecular flexibility index (Phi) is 7.72. The summed E-state index contributed by atoms with van der Waals surface area (Å²) in [4.78, 5) is 29.9. The molecule has 0 aliphatic heterocycles. The van der Waals surface area contributed by atoms with Crippen LogP contribution < -0.4 is 0 Å². The van der Waals surface area contributed by atoms with Crippen LogP contribution in [-0.4, -0.2) is 59.4 Å². The Morgan fingerprint density at radius 3 is 2.30 bits per heavy atom. The van der Waals surface area contributed by atoms with Crippen LogP contribution in [0.5, 0.6) is 0 Å². The summed E-state index contributed by atoms with van der Waals surface area (Å²) in [6.07, 6.45) is 1.84. The second kappa shape index (κ2) is 9.84. The number of amides is 1. The highest BCUT2D eigenvalue weighted by molar-refractivity contribution is 7.93. The van der Waals surface area contributed by atoms with E-state index in [1.165, 1.54) is 18.7 Å². The predicted octanol–water partition coefficient (Wildman–Crippen LogP) is 2.53. The number of benzene rings is 1. The molecular weight excluding hydrogens is 404 g/mol. The number of aromatic nitrogens is 1. The molecule has 0 saturated heterocycles. The van der Waals surface area contributed by atoms with E-state index in [4.69, 9.17) is 0 Å². The number of rotatable bonds is 10. The van der Waals surface area contributed by atoms with E-state index in [9.17, 15) is 23.1 Å². The average Bonchev–Trinajstić information content (AvgIpc) is 2.71. The number of hydrogen-bond acceptors (Lipinski definition) is 5. The second-order valence-corrected chi connectivity index (χ2v) is 10.4. The first kappa shape index (κ1) is 23.5. The van der Waals surface area contributed by atoms with E-state index in [0.29, 0.717) is 18.5 Å². The topological polar surface area (TPSA) is 105 Å². The highest BCUT2D eigenvalue weighted by Crippen LogP contribution is 2.28. The third kappa shape index (κ3) is 5.89. The molecule has 1 aromatic heterocycles. The van der Waals surface area contributed by atoms with E-state index in [1.807, 2.05) is 12.1 Å². The van der Waals surface area contributed by atoms with Gasteiger partial charge < -0.3 is 10.0 Å². The summed E-state index contributed by atoms with van der Waals surface area (Å²) >= 11 is 0. The van der Waals surface area contributed by atoms with Gasteiger partial charge in [-0.25, -0.2) is 8.42 Å². The van der Waals surface area contributed by atoms with Crippen LogP contribution in [0.4, 0.5) is 0 Å². The molecule has 0 aliphatic carbocycles. The Labute approximate surface area is 177 Å². The van der Waals surface area contributed by atoms with Gasteiger partial charge >= 0.3 is 5.97 Å². The minimum Gasteiger partial charge on any atom is -0.481 e. The van der Waals surface area contributed by atoms with Crippen LogP contribution in [0, 0.1) is 0 Å². The molecule has 0 aliphatic rings. The van der Waals surface area contributed by atoms with E-state index in [2.05, 4.69) is 4.98 Å². The summed E-state index contributed by atoms with van der Waals surface area (Å²) in [5, 5.41) is 9.24. The van der Waals surface area contributed by atoms with Gasteiger partial charge in [0.15, 0.2) is 9.84 Å². The van der Waals surface area contributed by atoms with E-state index in [-0.39, 0.29) is 6.42 Å². The minimum atomic E-state index is -3.95. The Morgan fingerprint density at radius 2 is 1.73 bits per heavy atom. The number of carbonyl (C=O) groups is 2. The number of sulfone groups is 1. The van der Waals surface area contributed by atoms with Crippen molar-refractivity contribution in [1.82, 2.24) is 9.88 Å². The second-order valence-electron chi connectivity index (χ2n) is 7.79. The van der Waals surface area contributed by atoms with Gasteiger partial charge in [-0.3, -0.25) is 14.6 Å². The van der Waals surface area contributed by atoms with Gasteiger partial charge in [-0.05, 0) is 31.5 Å². The molecule has 30 heavy (non-hydrogen) atoms. The Hall–Kier alpha value is -2.74. The molecule has 1 amide bonds. The van der Waals surface area contributed by atoms with Crippen molar-refractivity contribution in [3.8, 4) is 0 Å². The normalized spacial score (nSPS) is 12.9. The SMILES string of the molecule is CN(CCc1ccccn1)C(=O)C(C)(C)S(=O)(=O)CC(CC(=O)O)c1ccccc1. The number of nitrogens with zero attached hydrogens (tertiary/aromatic N) is 2. The van der Waals surface area contributed by atoms with E-state index in [0.717, 1.165) is 5.69 Å². The molecule has 0 saturated carbocycles. The molecule has 7 nitrogen and oxygen atoms in total. The van der Waals surface area contributed by atoms with Crippen LogP contribution in [-0.2, 0) is 25.8 Å². The van der Waals surface area contributed by atoms with Crippen molar-refractivity contribution < 1.29 is 23.1 Å². The van der Waals surface area contributed by atoms with Gasteiger partial charge in [0.2, 0.25) is 5.91 Å². The summed E-state index contributed by atoms with van der Waals surface area (Å²) in [6.45, 7) is 3.08. The molecule has 0 bridgehead atoms. The largest absolute Gasteiger partial charge is 0.481 e. The standard InChI is InChI=1S/C22H28N2O5S/c1-22(2,21(27)24(3)14-12-19-11-7-8-13-23-19)30(28,29)16-18(15-20(25)26)17-9-5-4-6-10-17/h4-11,13,18H,12,14-16H2,1-3H3,(H,25,26). The summed E-state index contributed by atoms with van der Waals surface area (Å²) in [5.74, 6) is -2.77. The molecule has 1 unspecified atom stereocenters. The van der Waals surface area contributed by atoms with Crippen molar-refractivity contribution in [2.45, 2.75) is 37.4 Å². The van der Waals surface area contributed by atoms with Crippen LogP contribution in [0.2, 0.25) is 0 Å². The number of likely N-dealkylation sites (N-methyl/N-ethyl adjacent to an activating group) is 1. The van der Waals surface area contributed by atoms with Crippen molar-refractivity contribution in [1.29, 1.82) is 0 Å². The lowest BCUT2D eigenvalue weighted by Gasteiger charge is -2.30. The fraction of sp³-hybridized carbons (Fsp3) is 0.409. The van der Waals surface area contributed by atoms with Gasteiger partial charge in [-0.15, -0.1) is 0 Å². The monoisotopic (exact) mass is 432 g/mol. The quantitative estimate of drug-likeness (QED) is 0.619. The number of carboxylic acids is 1. The summed E-state index contributed by atoms with van der Waals surface area (Å²) in [5.41, 5.74) is 1.43. The molecular formula is C22H28N2O5S. The minimum absolute atomic E-state index is 0.325. The van der Waals surface area contributed by atoms with Gasteiger partial charge in [0.05, 0.1) is 12.2 Å². The van der Waals surface area contributed by atoms with E-state index in [1.54, 1.807) is 49.6 Å². The maximum atomic E-state index is 13.2. The molecule has 2 rings (SSSR count). The van der Waals surface area contributed by atoms with Crippen LogP contribution >= 0.6 is 0 Å². The fourth-order valence-electron chi connectivity index (χ4n) is 3.20. The summed E-state index contributed by atoms with van der Waals surface area (Å²) in [7, 11) is -2.39. The predicted molar refractivity (Wildman–Crippen MR) is 115 cm³/mol. The fourth-order valence-corrected chi connectivity index (χ4v) is 4.88. The van der Waals surface area contributed by atoms with Crippen molar-refractivity contribution in [3.05, 3.63) is 66.0 Å². The van der Waals surface area contributed by atoms with Crippen LogP contribution in [0.3, 0.4) is 0 Å². The first-order chi connectivity index (χ1) is 14.0. The first-order valence-corrected chi connectivity index (χ1v) is 11.3. The van der Waals surface area contributed by atoms with Crippen molar-refractivity contribution >= 4 is 21.7 Å². The Balaban J connectivity index is 2.16. The van der Waals surface area contributed by atoms with Gasteiger partial charge in [0.1, 0.15) is 4.75 Å². The van der Waals surface area contributed by atoms with Crippen LogP contribution in [0.25, 0.3) is 0 Å². The molecule has 1 atom stereocenters.